The Morgan fingerprint density at radius 2 is 1.78 bits per heavy atom. The number of alkyl halides is 1. The largest absolute Gasteiger partial charge is 0.489 e. The van der Waals surface area contributed by atoms with Crippen LogP contribution in [0.4, 0.5) is 5.95 Å². The van der Waals surface area contributed by atoms with Gasteiger partial charge >= 0.3 is 0 Å². The number of nitriles is 1. The van der Waals surface area contributed by atoms with Gasteiger partial charge in [0.2, 0.25) is 16.0 Å². The number of aromatic nitrogens is 2. The van der Waals surface area contributed by atoms with E-state index < -0.39 is 10.0 Å². The second kappa shape index (κ2) is 10.6. The van der Waals surface area contributed by atoms with Gasteiger partial charge in [0.25, 0.3) is 0 Å². The Balaban J connectivity index is 1.68. The molecule has 0 saturated carbocycles. The number of nitrogens with one attached hydrogen (secondary N) is 1. The first-order valence-corrected chi connectivity index (χ1v) is 12.0. The van der Waals surface area contributed by atoms with Gasteiger partial charge in [0.1, 0.15) is 18.4 Å². The minimum atomic E-state index is -3.43. The standard InChI is InChI=1S/C21H18Cl2N4O4S/c1-32(28,29)27-21-25-9-14(10-26-21)11-31-18-4-2-15(3-5-18)16-6-17(8-24)19(12-30-13-22)20(23)7-16/h2-7,9-10H,11-13H2,1H3,(H,25,26,27). The van der Waals surface area contributed by atoms with Crippen molar-refractivity contribution in [1.29, 1.82) is 5.26 Å². The second-order valence-electron chi connectivity index (χ2n) is 6.66. The van der Waals surface area contributed by atoms with Gasteiger partial charge in [0.15, 0.2) is 0 Å². The van der Waals surface area contributed by atoms with Gasteiger partial charge in [0, 0.05) is 28.5 Å². The third kappa shape index (κ3) is 6.55. The maximum atomic E-state index is 11.2. The van der Waals surface area contributed by atoms with Gasteiger partial charge in [-0.3, -0.25) is 4.72 Å². The van der Waals surface area contributed by atoms with Gasteiger partial charge in [-0.2, -0.15) is 5.26 Å². The lowest BCUT2D eigenvalue weighted by molar-refractivity contribution is 0.165. The first-order valence-electron chi connectivity index (χ1n) is 9.17. The van der Waals surface area contributed by atoms with Crippen molar-refractivity contribution in [3.8, 4) is 22.9 Å². The van der Waals surface area contributed by atoms with Crippen LogP contribution in [0.5, 0.6) is 5.75 Å². The fourth-order valence-electron chi connectivity index (χ4n) is 2.75. The van der Waals surface area contributed by atoms with Crippen molar-refractivity contribution in [3.05, 3.63) is 70.5 Å². The number of benzene rings is 2. The molecule has 1 heterocycles. The fraction of sp³-hybridized carbons (Fsp3) is 0.190. The molecule has 0 bridgehead atoms. The Morgan fingerprint density at radius 1 is 1.09 bits per heavy atom. The van der Waals surface area contributed by atoms with E-state index in [2.05, 4.69) is 20.8 Å². The summed E-state index contributed by atoms with van der Waals surface area (Å²) in [6.07, 6.45) is 3.99. The second-order valence-corrected chi connectivity index (χ2v) is 9.03. The maximum absolute atomic E-state index is 11.2. The Kier molecular flexibility index (Phi) is 7.88. The number of rotatable bonds is 9. The highest BCUT2D eigenvalue weighted by atomic mass is 35.5. The normalized spacial score (nSPS) is 11.1. The molecule has 0 unspecified atom stereocenters. The van der Waals surface area contributed by atoms with E-state index in [4.69, 9.17) is 32.7 Å². The summed E-state index contributed by atoms with van der Waals surface area (Å²) in [4.78, 5) is 7.89. The molecule has 1 aromatic heterocycles. The van der Waals surface area contributed by atoms with Crippen molar-refractivity contribution in [1.82, 2.24) is 9.97 Å². The zero-order chi connectivity index (χ0) is 23.1. The zero-order valence-electron chi connectivity index (χ0n) is 16.9. The van der Waals surface area contributed by atoms with Crippen molar-refractivity contribution in [3.63, 3.8) is 0 Å². The third-order valence-electron chi connectivity index (χ3n) is 4.21. The van der Waals surface area contributed by atoms with Crippen LogP contribution in [0.1, 0.15) is 16.7 Å². The van der Waals surface area contributed by atoms with E-state index in [1.807, 2.05) is 12.1 Å². The molecule has 0 spiro atoms. The lowest BCUT2D eigenvalue weighted by atomic mass is 9.99. The Morgan fingerprint density at radius 3 is 2.38 bits per heavy atom. The number of hydrogen-bond acceptors (Lipinski definition) is 7. The van der Waals surface area contributed by atoms with Gasteiger partial charge in [-0.25, -0.2) is 18.4 Å². The van der Waals surface area contributed by atoms with E-state index in [1.165, 1.54) is 12.4 Å². The highest BCUT2D eigenvalue weighted by molar-refractivity contribution is 7.91. The number of ether oxygens (including phenoxy) is 2. The minimum Gasteiger partial charge on any atom is -0.489 e. The molecule has 2 aromatic carbocycles. The van der Waals surface area contributed by atoms with Crippen LogP contribution < -0.4 is 9.46 Å². The molecule has 3 rings (SSSR count). The molecule has 8 nitrogen and oxygen atoms in total. The van der Waals surface area contributed by atoms with E-state index in [9.17, 15) is 13.7 Å². The monoisotopic (exact) mass is 492 g/mol. The summed E-state index contributed by atoms with van der Waals surface area (Å²) in [7, 11) is -3.43. The number of nitrogens with zero attached hydrogens (tertiary/aromatic N) is 3. The van der Waals surface area contributed by atoms with Crippen molar-refractivity contribution in [2.24, 2.45) is 0 Å². The number of hydrogen-bond donors (Lipinski definition) is 1. The third-order valence-corrected chi connectivity index (χ3v) is 5.26. The van der Waals surface area contributed by atoms with Crippen molar-refractivity contribution >= 4 is 39.2 Å². The van der Waals surface area contributed by atoms with Crippen molar-refractivity contribution < 1.29 is 17.9 Å². The van der Waals surface area contributed by atoms with Crippen LogP contribution in [0.25, 0.3) is 11.1 Å². The highest BCUT2D eigenvalue weighted by Gasteiger charge is 2.11. The molecule has 32 heavy (non-hydrogen) atoms. The van der Waals surface area contributed by atoms with E-state index in [0.717, 1.165) is 17.4 Å². The van der Waals surface area contributed by atoms with E-state index in [-0.39, 0.29) is 25.2 Å². The lowest BCUT2D eigenvalue weighted by Crippen LogP contribution is -2.12. The molecule has 0 radical (unpaired) electrons. The average Bonchev–Trinajstić information content (AvgIpc) is 2.76. The Hall–Kier alpha value is -2.90. The van der Waals surface area contributed by atoms with Crippen LogP contribution in [-0.4, -0.2) is 30.7 Å². The predicted octanol–water partition coefficient (Wildman–Crippen LogP) is 4.33. The van der Waals surface area contributed by atoms with Crippen LogP contribution in [0.2, 0.25) is 5.02 Å². The Labute approximate surface area is 195 Å². The van der Waals surface area contributed by atoms with Crippen molar-refractivity contribution in [2.75, 3.05) is 17.0 Å². The van der Waals surface area contributed by atoms with Crippen LogP contribution in [0.3, 0.4) is 0 Å². The summed E-state index contributed by atoms with van der Waals surface area (Å²) in [5.74, 6) is 0.613. The Bertz CT molecular complexity index is 1230. The number of halogens is 2. The minimum absolute atomic E-state index is 0.00348. The summed E-state index contributed by atoms with van der Waals surface area (Å²) in [5.41, 5.74) is 3.34. The quantitative estimate of drug-likeness (QED) is 0.441. The maximum Gasteiger partial charge on any atom is 0.236 e. The molecule has 0 aliphatic heterocycles. The SMILES string of the molecule is CS(=O)(=O)Nc1ncc(COc2ccc(-c3cc(Cl)c(COCCl)c(C#N)c3)cc2)cn1. The molecule has 166 valence electrons. The lowest BCUT2D eigenvalue weighted by Gasteiger charge is -2.11. The molecule has 11 heteroatoms. The topological polar surface area (TPSA) is 114 Å². The smallest absolute Gasteiger partial charge is 0.236 e. The molecule has 0 aliphatic carbocycles. The van der Waals surface area contributed by atoms with Crippen LogP contribution in [0.15, 0.2) is 48.8 Å². The zero-order valence-corrected chi connectivity index (χ0v) is 19.2. The van der Waals surface area contributed by atoms with E-state index in [0.29, 0.717) is 27.5 Å². The van der Waals surface area contributed by atoms with Gasteiger partial charge in [0.05, 0.1) is 24.5 Å². The summed E-state index contributed by atoms with van der Waals surface area (Å²) < 4.78 is 35.5. The van der Waals surface area contributed by atoms with Crippen LogP contribution >= 0.6 is 23.2 Å². The van der Waals surface area contributed by atoms with Gasteiger partial charge < -0.3 is 9.47 Å². The average molecular weight is 493 g/mol. The molecular weight excluding hydrogens is 475 g/mol. The van der Waals surface area contributed by atoms with E-state index >= 15 is 0 Å². The first-order chi connectivity index (χ1) is 15.3. The van der Waals surface area contributed by atoms with E-state index in [1.54, 1.807) is 24.3 Å². The molecule has 0 amide bonds. The molecule has 3 aromatic rings. The number of anilines is 1. The molecule has 1 N–H and O–H groups in total. The predicted molar refractivity (Wildman–Crippen MR) is 122 cm³/mol. The highest BCUT2D eigenvalue weighted by Crippen LogP contribution is 2.30. The van der Waals surface area contributed by atoms with Gasteiger partial charge in [-0.1, -0.05) is 35.3 Å². The first kappa shape index (κ1) is 23.8. The summed E-state index contributed by atoms with van der Waals surface area (Å²) in [6, 6.07) is 13.0. The fourth-order valence-corrected chi connectivity index (χ4v) is 3.54. The summed E-state index contributed by atoms with van der Waals surface area (Å²) in [5, 5.41) is 9.88. The summed E-state index contributed by atoms with van der Waals surface area (Å²) in [6.45, 7) is 0.367. The molecular formula is C21H18Cl2N4O4S. The molecule has 0 saturated heterocycles. The van der Waals surface area contributed by atoms with Gasteiger partial charge in [-0.05, 0) is 35.4 Å². The molecule has 0 atom stereocenters. The molecule has 0 fully saturated rings. The van der Waals surface area contributed by atoms with Crippen LogP contribution in [0, 0.1) is 11.3 Å². The summed E-state index contributed by atoms with van der Waals surface area (Å²) >= 11 is 11.9. The van der Waals surface area contributed by atoms with Crippen LogP contribution in [-0.2, 0) is 28.0 Å². The van der Waals surface area contributed by atoms with Gasteiger partial charge in [-0.15, -0.1) is 0 Å². The van der Waals surface area contributed by atoms with Crippen molar-refractivity contribution in [2.45, 2.75) is 13.2 Å². The molecule has 0 aliphatic rings. The number of sulfonamides is 1.